The average molecular weight is 248 g/mol. The SMILES string of the molecule is Cc1cc(NCc2ccccc2F)c(N)cc1F. The molecule has 0 amide bonds. The number of nitrogen functional groups attached to an aromatic ring is 1. The number of benzene rings is 2. The highest BCUT2D eigenvalue weighted by Gasteiger charge is 2.06. The van der Waals surface area contributed by atoms with E-state index in [-0.39, 0.29) is 11.6 Å². The van der Waals surface area contributed by atoms with E-state index in [1.807, 2.05) is 0 Å². The molecule has 2 aromatic carbocycles. The predicted octanol–water partition coefficient (Wildman–Crippen LogP) is 3.47. The maximum atomic E-state index is 13.4. The Morgan fingerprint density at radius 3 is 2.56 bits per heavy atom. The van der Waals surface area contributed by atoms with Crippen LogP contribution in [0, 0.1) is 18.6 Å². The van der Waals surface area contributed by atoms with Gasteiger partial charge in [0.2, 0.25) is 0 Å². The standard InChI is InChI=1S/C14H14F2N2/c1-9-6-14(13(17)7-12(9)16)18-8-10-4-2-3-5-11(10)15/h2-7,18H,8,17H2,1H3. The third-order valence-corrected chi connectivity index (χ3v) is 2.76. The summed E-state index contributed by atoms with van der Waals surface area (Å²) in [6.45, 7) is 1.96. The van der Waals surface area contributed by atoms with Crippen molar-refractivity contribution < 1.29 is 8.78 Å². The Kier molecular flexibility index (Phi) is 3.46. The summed E-state index contributed by atoms with van der Waals surface area (Å²) in [6.07, 6.45) is 0. The molecule has 0 fully saturated rings. The van der Waals surface area contributed by atoms with Crippen LogP contribution in [0.1, 0.15) is 11.1 Å². The molecule has 0 saturated carbocycles. The Morgan fingerprint density at radius 2 is 1.83 bits per heavy atom. The first-order valence-electron chi connectivity index (χ1n) is 5.61. The Bertz CT molecular complexity index is 568. The zero-order chi connectivity index (χ0) is 13.1. The predicted molar refractivity (Wildman–Crippen MR) is 69.3 cm³/mol. The number of halogens is 2. The first-order valence-corrected chi connectivity index (χ1v) is 5.61. The minimum absolute atomic E-state index is 0.276. The van der Waals surface area contributed by atoms with Crippen LogP contribution in [0.3, 0.4) is 0 Å². The molecule has 0 atom stereocenters. The first-order chi connectivity index (χ1) is 8.58. The monoisotopic (exact) mass is 248 g/mol. The van der Waals surface area contributed by atoms with Gasteiger partial charge >= 0.3 is 0 Å². The second-order valence-electron chi connectivity index (χ2n) is 4.13. The summed E-state index contributed by atoms with van der Waals surface area (Å²) in [5.74, 6) is -0.619. The fraction of sp³-hybridized carbons (Fsp3) is 0.143. The van der Waals surface area contributed by atoms with Gasteiger partial charge in [0, 0.05) is 12.1 Å². The Balaban J connectivity index is 2.16. The number of aryl methyl sites for hydroxylation is 1. The molecule has 2 rings (SSSR count). The zero-order valence-electron chi connectivity index (χ0n) is 10.0. The van der Waals surface area contributed by atoms with Crippen LogP contribution in [0.2, 0.25) is 0 Å². The molecule has 4 heteroatoms. The Labute approximate surface area is 104 Å². The molecular weight excluding hydrogens is 234 g/mol. The molecule has 3 N–H and O–H groups in total. The third-order valence-electron chi connectivity index (χ3n) is 2.76. The van der Waals surface area contributed by atoms with Crippen molar-refractivity contribution in [3.8, 4) is 0 Å². The second kappa shape index (κ2) is 5.04. The van der Waals surface area contributed by atoms with Crippen LogP contribution < -0.4 is 11.1 Å². The van der Waals surface area contributed by atoms with Crippen molar-refractivity contribution in [3.63, 3.8) is 0 Å². The fourth-order valence-corrected chi connectivity index (χ4v) is 1.68. The second-order valence-corrected chi connectivity index (χ2v) is 4.13. The summed E-state index contributed by atoms with van der Waals surface area (Å²) in [5, 5.41) is 3.01. The molecule has 0 saturated heterocycles. The van der Waals surface area contributed by atoms with Crippen LogP contribution >= 0.6 is 0 Å². The van der Waals surface area contributed by atoms with Crippen LogP contribution in [-0.4, -0.2) is 0 Å². The van der Waals surface area contributed by atoms with Crippen molar-refractivity contribution in [2.45, 2.75) is 13.5 Å². The van der Waals surface area contributed by atoms with Gasteiger partial charge in [0.1, 0.15) is 11.6 Å². The summed E-state index contributed by atoms with van der Waals surface area (Å²) >= 11 is 0. The smallest absolute Gasteiger partial charge is 0.128 e. The minimum Gasteiger partial charge on any atom is -0.397 e. The topological polar surface area (TPSA) is 38.0 Å². The summed E-state index contributed by atoms with van der Waals surface area (Å²) < 4.78 is 26.6. The van der Waals surface area contributed by atoms with Gasteiger partial charge in [0.15, 0.2) is 0 Å². The van der Waals surface area contributed by atoms with E-state index in [9.17, 15) is 8.78 Å². The molecular formula is C14H14F2N2. The van der Waals surface area contributed by atoms with E-state index in [2.05, 4.69) is 5.32 Å². The van der Waals surface area contributed by atoms with Gasteiger partial charge in [-0.15, -0.1) is 0 Å². The van der Waals surface area contributed by atoms with E-state index < -0.39 is 0 Å². The average Bonchev–Trinajstić information content (AvgIpc) is 2.34. The lowest BCUT2D eigenvalue weighted by atomic mass is 10.1. The lowest BCUT2D eigenvalue weighted by Crippen LogP contribution is -2.05. The quantitative estimate of drug-likeness (QED) is 0.816. The minimum atomic E-state index is -0.344. The molecule has 0 bridgehead atoms. The normalized spacial score (nSPS) is 10.4. The highest BCUT2D eigenvalue weighted by Crippen LogP contribution is 2.23. The van der Waals surface area contributed by atoms with Crippen LogP contribution in [0.4, 0.5) is 20.2 Å². The summed E-state index contributed by atoms with van der Waals surface area (Å²) in [7, 11) is 0. The third kappa shape index (κ3) is 2.59. The van der Waals surface area contributed by atoms with Gasteiger partial charge in [0.05, 0.1) is 11.4 Å². The molecule has 18 heavy (non-hydrogen) atoms. The molecule has 0 heterocycles. The van der Waals surface area contributed by atoms with Gasteiger partial charge in [-0.05, 0) is 30.7 Å². The molecule has 0 spiro atoms. The van der Waals surface area contributed by atoms with Crippen LogP contribution in [0.5, 0.6) is 0 Å². The van der Waals surface area contributed by atoms with Gasteiger partial charge in [-0.1, -0.05) is 18.2 Å². The lowest BCUT2D eigenvalue weighted by molar-refractivity contribution is 0.612. The van der Waals surface area contributed by atoms with Crippen molar-refractivity contribution in [1.29, 1.82) is 0 Å². The van der Waals surface area contributed by atoms with Gasteiger partial charge in [-0.25, -0.2) is 8.78 Å². The summed E-state index contributed by atoms with van der Waals surface area (Å²) in [4.78, 5) is 0. The molecule has 0 aromatic heterocycles. The number of hydrogen-bond donors (Lipinski definition) is 2. The maximum absolute atomic E-state index is 13.4. The molecule has 0 aliphatic heterocycles. The van der Waals surface area contributed by atoms with E-state index in [0.717, 1.165) is 0 Å². The number of hydrogen-bond acceptors (Lipinski definition) is 2. The van der Waals surface area contributed by atoms with Crippen LogP contribution in [-0.2, 0) is 6.54 Å². The highest BCUT2D eigenvalue weighted by molar-refractivity contribution is 5.67. The lowest BCUT2D eigenvalue weighted by Gasteiger charge is -2.11. The van der Waals surface area contributed by atoms with Crippen molar-refractivity contribution in [1.82, 2.24) is 0 Å². The molecule has 2 aromatic rings. The molecule has 0 aliphatic rings. The van der Waals surface area contributed by atoms with E-state index in [4.69, 9.17) is 5.73 Å². The van der Waals surface area contributed by atoms with E-state index in [1.165, 1.54) is 12.1 Å². The van der Waals surface area contributed by atoms with Crippen molar-refractivity contribution in [2.24, 2.45) is 0 Å². The number of nitrogens with one attached hydrogen (secondary N) is 1. The van der Waals surface area contributed by atoms with Gasteiger partial charge in [-0.3, -0.25) is 0 Å². The van der Waals surface area contributed by atoms with Crippen molar-refractivity contribution in [2.75, 3.05) is 11.1 Å². The number of rotatable bonds is 3. The fourth-order valence-electron chi connectivity index (χ4n) is 1.68. The number of nitrogens with two attached hydrogens (primary N) is 1. The van der Waals surface area contributed by atoms with Crippen molar-refractivity contribution in [3.05, 3.63) is 59.2 Å². The maximum Gasteiger partial charge on any atom is 0.128 e. The van der Waals surface area contributed by atoms with Crippen molar-refractivity contribution >= 4 is 11.4 Å². The van der Waals surface area contributed by atoms with E-state index in [1.54, 1.807) is 31.2 Å². The van der Waals surface area contributed by atoms with Gasteiger partial charge in [0.25, 0.3) is 0 Å². The van der Waals surface area contributed by atoms with Gasteiger partial charge in [-0.2, -0.15) is 0 Å². The molecule has 0 aliphatic carbocycles. The van der Waals surface area contributed by atoms with Gasteiger partial charge < -0.3 is 11.1 Å². The van der Waals surface area contributed by atoms with E-state index in [0.29, 0.717) is 29.0 Å². The Hall–Kier alpha value is -2.10. The summed E-state index contributed by atoms with van der Waals surface area (Å²) in [5.41, 5.74) is 7.66. The highest BCUT2D eigenvalue weighted by atomic mass is 19.1. The molecule has 0 unspecified atom stereocenters. The summed E-state index contributed by atoms with van der Waals surface area (Å²) in [6, 6.07) is 9.37. The largest absolute Gasteiger partial charge is 0.397 e. The first kappa shape index (κ1) is 12.4. The molecule has 94 valence electrons. The zero-order valence-corrected chi connectivity index (χ0v) is 10.0. The van der Waals surface area contributed by atoms with E-state index >= 15 is 0 Å². The van der Waals surface area contributed by atoms with Crippen LogP contribution in [0.15, 0.2) is 36.4 Å². The van der Waals surface area contributed by atoms with Crippen LogP contribution in [0.25, 0.3) is 0 Å². The molecule has 2 nitrogen and oxygen atoms in total. The Morgan fingerprint density at radius 1 is 1.11 bits per heavy atom. The molecule has 0 radical (unpaired) electrons. The number of anilines is 2.